The van der Waals surface area contributed by atoms with Crippen LogP contribution in [0.1, 0.15) is 50.5 Å². The van der Waals surface area contributed by atoms with E-state index < -0.39 is 0 Å². The van der Waals surface area contributed by atoms with E-state index in [2.05, 4.69) is 10.3 Å². The van der Waals surface area contributed by atoms with Gasteiger partial charge in [0.05, 0.1) is 6.20 Å². The molecule has 0 spiro atoms. The summed E-state index contributed by atoms with van der Waals surface area (Å²) in [4.78, 5) is 4.13. The molecular weight excluding hydrogens is 243 g/mol. The van der Waals surface area contributed by atoms with Gasteiger partial charge in [0.25, 0.3) is 0 Å². The molecule has 0 aliphatic heterocycles. The predicted octanol–water partition coefficient (Wildman–Crippen LogP) is 3.18. The number of pyridine rings is 1. The van der Waals surface area contributed by atoms with E-state index in [1.165, 1.54) is 38.3 Å². The first-order valence-corrected chi connectivity index (χ1v) is 7.36. The standard InChI is InChI=1S/C15H21FN2O/c16-12-8-11(9-17-13-6-7-13)15(18-10-12)19-14-4-2-1-3-5-14/h8,10,13-14,17H,1-7,9H2. The van der Waals surface area contributed by atoms with E-state index in [4.69, 9.17) is 4.74 Å². The number of nitrogens with zero attached hydrogens (tertiary/aromatic N) is 1. The van der Waals surface area contributed by atoms with E-state index in [1.807, 2.05) is 0 Å². The van der Waals surface area contributed by atoms with Gasteiger partial charge >= 0.3 is 0 Å². The summed E-state index contributed by atoms with van der Waals surface area (Å²) < 4.78 is 19.3. The zero-order valence-electron chi connectivity index (χ0n) is 11.2. The molecule has 2 fully saturated rings. The summed E-state index contributed by atoms with van der Waals surface area (Å²) >= 11 is 0. The zero-order valence-corrected chi connectivity index (χ0v) is 11.2. The first-order valence-electron chi connectivity index (χ1n) is 7.36. The van der Waals surface area contributed by atoms with Gasteiger partial charge in [-0.1, -0.05) is 6.42 Å². The van der Waals surface area contributed by atoms with E-state index in [0.29, 0.717) is 18.5 Å². The van der Waals surface area contributed by atoms with Gasteiger partial charge in [0, 0.05) is 18.2 Å². The molecule has 4 heteroatoms. The highest BCUT2D eigenvalue weighted by molar-refractivity contribution is 5.26. The largest absolute Gasteiger partial charge is 0.474 e. The van der Waals surface area contributed by atoms with Crippen molar-refractivity contribution in [1.82, 2.24) is 10.3 Å². The summed E-state index contributed by atoms with van der Waals surface area (Å²) in [6, 6.07) is 2.14. The highest BCUT2D eigenvalue weighted by Crippen LogP contribution is 2.26. The zero-order chi connectivity index (χ0) is 13.1. The molecule has 0 saturated heterocycles. The Morgan fingerprint density at radius 1 is 1.21 bits per heavy atom. The minimum atomic E-state index is -0.288. The van der Waals surface area contributed by atoms with Crippen molar-refractivity contribution in [3.8, 4) is 5.88 Å². The first kappa shape index (κ1) is 12.9. The number of ether oxygens (including phenoxy) is 1. The van der Waals surface area contributed by atoms with Crippen LogP contribution in [0, 0.1) is 5.82 Å². The first-order chi connectivity index (χ1) is 9.31. The van der Waals surface area contributed by atoms with E-state index in [9.17, 15) is 4.39 Å². The second-order valence-corrected chi connectivity index (χ2v) is 5.65. The minimum absolute atomic E-state index is 0.256. The topological polar surface area (TPSA) is 34.1 Å². The van der Waals surface area contributed by atoms with Crippen molar-refractivity contribution in [3.63, 3.8) is 0 Å². The summed E-state index contributed by atoms with van der Waals surface area (Å²) in [6.45, 7) is 0.650. The highest BCUT2D eigenvalue weighted by Gasteiger charge is 2.22. The molecule has 3 nitrogen and oxygen atoms in total. The molecule has 1 aromatic heterocycles. The van der Waals surface area contributed by atoms with Gasteiger partial charge in [-0.15, -0.1) is 0 Å². The number of nitrogens with one attached hydrogen (secondary N) is 1. The molecule has 0 aromatic carbocycles. The summed E-state index contributed by atoms with van der Waals surface area (Å²) in [5, 5.41) is 3.39. The van der Waals surface area contributed by atoms with E-state index in [0.717, 1.165) is 18.4 Å². The molecule has 2 aliphatic carbocycles. The number of rotatable bonds is 5. The third kappa shape index (κ3) is 3.66. The van der Waals surface area contributed by atoms with Gasteiger partial charge in [-0.2, -0.15) is 0 Å². The van der Waals surface area contributed by atoms with Crippen molar-refractivity contribution in [2.24, 2.45) is 0 Å². The van der Waals surface area contributed by atoms with Crippen LogP contribution >= 0.6 is 0 Å². The number of hydrogen-bond donors (Lipinski definition) is 1. The summed E-state index contributed by atoms with van der Waals surface area (Å²) in [7, 11) is 0. The molecule has 0 unspecified atom stereocenters. The van der Waals surface area contributed by atoms with Crippen molar-refractivity contribution < 1.29 is 9.13 Å². The van der Waals surface area contributed by atoms with Crippen LogP contribution < -0.4 is 10.1 Å². The molecular formula is C15H21FN2O. The second kappa shape index (κ2) is 5.87. The summed E-state index contributed by atoms with van der Waals surface area (Å²) in [6.07, 6.45) is 9.88. The SMILES string of the molecule is Fc1cnc(OC2CCCCC2)c(CNC2CC2)c1. The Labute approximate surface area is 113 Å². The number of hydrogen-bond acceptors (Lipinski definition) is 3. The van der Waals surface area contributed by atoms with Crippen LogP contribution in [-0.4, -0.2) is 17.1 Å². The second-order valence-electron chi connectivity index (χ2n) is 5.65. The lowest BCUT2D eigenvalue weighted by Crippen LogP contribution is -2.22. The molecule has 0 atom stereocenters. The van der Waals surface area contributed by atoms with Crippen LogP contribution in [0.15, 0.2) is 12.3 Å². The van der Waals surface area contributed by atoms with Crippen molar-refractivity contribution in [2.75, 3.05) is 0 Å². The molecule has 104 valence electrons. The summed E-state index contributed by atoms with van der Waals surface area (Å²) in [5.74, 6) is 0.324. The average Bonchev–Trinajstić information content (AvgIpc) is 3.24. The van der Waals surface area contributed by atoms with Gasteiger partial charge in [-0.05, 0) is 44.6 Å². The van der Waals surface area contributed by atoms with E-state index >= 15 is 0 Å². The summed E-state index contributed by atoms with van der Waals surface area (Å²) in [5.41, 5.74) is 0.845. The van der Waals surface area contributed by atoms with Crippen molar-refractivity contribution >= 4 is 0 Å². The molecule has 2 saturated carbocycles. The Bertz CT molecular complexity index is 428. The van der Waals surface area contributed by atoms with Gasteiger partial charge < -0.3 is 10.1 Å². The van der Waals surface area contributed by atoms with Gasteiger partial charge in [-0.25, -0.2) is 9.37 Å². The molecule has 0 radical (unpaired) electrons. The fourth-order valence-corrected chi connectivity index (χ4v) is 2.58. The van der Waals surface area contributed by atoms with Crippen LogP contribution in [-0.2, 0) is 6.54 Å². The highest BCUT2D eigenvalue weighted by atomic mass is 19.1. The fraction of sp³-hybridized carbons (Fsp3) is 0.667. The van der Waals surface area contributed by atoms with Crippen LogP contribution in [0.2, 0.25) is 0 Å². The fourth-order valence-electron chi connectivity index (χ4n) is 2.58. The lowest BCUT2D eigenvalue weighted by atomic mass is 9.98. The maximum absolute atomic E-state index is 13.3. The van der Waals surface area contributed by atoms with Crippen molar-refractivity contribution in [2.45, 2.75) is 63.6 Å². The van der Waals surface area contributed by atoms with Gasteiger partial charge in [0.2, 0.25) is 5.88 Å². The maximum Gasteiger partial charge on any atom is 0.218 e. The lowest BCUT2D eigenvalue weighted by Gasteiger charge is -2.23. The Balaban J connectivity index is 1.66. The number of halogens is 1. The van der Waals surface area contributed by atoms with Crippen LogP contribution in [0.4, 0.5) is 4.39 Å². The minimum Gasteiger partial charge on any atom is -0.474 e. The molecule has 3 rings (SSSR count). The lowest BCUT2D eigenvalue weighted by molar-refractivity contribution is 0.146. The van der Waals surface area contributed by atoms with Crippen molar-refractivity contribution in [1.29, 1.82) is 0 Å². The third-order valence-corrected chi connectivity index (χ3v) is 3.88. The molecule has 1 aromatic rings. The van der Waals surface area contributed by atoms with Crippen LogP contribution in [0.5, 0.6) is 5.88 Å². The van der Waals surface area contributed by atoms with Crippen LogP contribution in [0.25, 0.3) is 0 Å². The average molecular weight is 264 g/mol. The molecule has 0 amide bonds. The molecule has 1 N–H and O–H groups in total. The van der Waals surface area contributed by atoms with Gasteiger partial charge in [0.1, 0.15) is 11.9 Å². The Kier molecular flexibility index (Phi) is 3.97. The molecule has 19 heavy (non-hydrogen) atoms. The van der Waals surface area contributed by atoms with Crippen molar-refractivity contribution in [3.05, 3.63) is 23.6 Å². The predicted molar refractivity (Wildman–Crippen MR) is 71.6 cm³/mol. The van der Waals surface area contributed by atoms with Gasteiger partial charge in [-0.3, -0.25) is 0 Å². The monoisotopic (exact) mass is 264 g/mol. The quantitative estimate of drug-likeness (QED) is 0.887. The molecule has 1 heterocycles. The van der Waals surface area contributed by atoms with E-state index in [-0.39, 0.29) is 11.9 Å². The van der Waals surface area contributed by atoms with Crippen LogP contribution in [0.3, 0.4) is 0 Å². The van der Waals surface area contributed by atoms with Gasteiger partial charge in [0.15, 0.2) is 0 Å². The normalized spacial score (nSPS) is 20.5. The third-order valence-electron chi connectivity index (χ3n) is 3.88. The molecule has 2 aliphatic rings. The number of aromatic nitrogens is 1. The Hall–Kier alpha value is -1.16. The molecule has 0 bridgehead atoms. The smallest absolute Gasteiger partial charge is 0.218 e. The maximum atomic E-state index is 13.3. The van der Waals surface area contributed by atoms with E-state index in [1.54, 1.807) is 6.07 Å². The Morgan fingerprint density at radius 2 is 2.00 bits per heavy atom. The Morgan fingerprint density at radius 3 is 2.74 bits per heavy atom.